The van der Waals surface area contributed by atoms with Crippen molar-refractivity contribution in [3.8, 4) is 0 Å². The molecule has 0 unspecified atom stereocenters. The van der Waals surface area contributed by atoms with E-state index < -0.39 is 0 Å². The maximum absolute atomic E-state index is 12.4. The molecule has 0 bridgehead atoms. The Morgan fingerprint density at radius 2 is 2.32 bits per heavy atom. The fourth-order valence-corrected chi connectivity index (χ4v) is 1.90. The van der Waals surface area contributed by atoms with Crippen molar-refractivity contribution in [2.45, 2.75) is 26.4 Å². The number of nitrogen functional groups attached to an aromatic ring is 1. The molecule has 0 fully saturated rings. The van der Waals surface area contributed by atoms with Gasteiger partial charge in [0.2, 0.25) is 0 Å². The lowest BCUT2D eigenvalue weighted by Crippen LogP contribution is -2.29. The number of amides is 1. The molecule has 0 aromatic carbocycles. The standard InChI is InChI=1S/C12H18N6O/c1-8(2)18-5-9(13)4-10(18)12(19)17(3)6-11-14-7-15-16-11/h4-5,7-8H,6,13H2,1-3H3,(H,14,15,16). The lowest BCUT2D eigenvalue weighted by atomic mass is 10.3. The molecule has 0 aliphatic carbocycles. The zero-order valence-corrected chi connectivity index (χ0v) is 11.3. The fraction of sp³-hybridized carbons (Fsp3) is 0.417. The number of nitrogens with zero attached hydrogens (tertiary/aromatic N) is 4. The molecule has 102 valence electrons. The summed E-state index contributed by atoms with van der Waals surface area (Å²) in [5.74, 6) is 0.549. The Morgan fingerprint density at radius 1 is 1.58 bits per heavy atom. The molecule has 0 spiro atoms. The lowest BCUT2D eigenvalue weighted by Gasteiger charge is -2.18. The first-order chi connectivity index (χ1) is 8.99. The number of rotatable bonds is 4. The van der Waals surface area contributed by atoms with Gasteiger partial charge < -0.3 is 15.2 Å². The van der Waals surface area contributed by atoms with Crippen LogP contribution in [-0.2, 0) is 6.54 Å². The van der Waals surface area contributed by atoms with E-state index in [2.05, 4.69) is 15.2 Å². The first kappa shape index (κ1) is 13.1. The summed E-state index contributed by atoms with van der Waals surface area (Å²) in [5.41, 5.74) is 6.94. The highest BCUT2D eigenvalue weighted by atomic mass is 16.2. The predicted molar refractivity (Wildman–Crippen MR) is 71.4 cm³/mol. The van der Waals surface area contributed by atoms with Gasteiger partial charge in [0.05, 0.1) is 12.2 Å². The van der Waals surface area contributed by atoms with Crippen molar-refractivity contribution in [1.29, 1.82) is 0 Å². The van der Waals surface area contributed by atoms with Gasteiger partial charge in [-0.2, -0.15) is 5.10 Å². The van der Waals surface area contributed by atoms with Crippen molar-refractivity contribution in [3.05, 3.63) is 30.1 Å². The van der Waals surface area contributed by atoms with Crippen molar-refractivity contribution in [2.75, 3.05) is 12.8 Å². The summed E-state index contributed by atoms with van der Waals surface area (Å²) in [5, 5.41) is 6.49. The minimum atomic E-state index is -0.0956. The van der Waals surface area contributed by atoms with Crippen molar-refractivity contribution >= 4 is 11.6 Å². The zero-order valence-electron chi connectivity index (χ0n) is 11.3. The maximum atomic E-state index is 12.4. The maximum Gasteiger partial charge on any atom is 0.270 e. The normalized spacial score (nSPS) is 10.9. The van der Waals surface area contributed by atoms with Crippen molar-refractivity contribution in [1.82, 2.24) is 24.6 Å². The second-order valence-corrected chi connectivity index (χ2v) is 4.75. The zero-order chi connectivity index (χ0) is 14.0. The summed E-state index contributed by atoms with van der Waals surface area (Å²) in [4.78, 5) is 18.0. The van der Waals surface area contributed by atoms with E-state index in [1.165, 1.54) is 6.33 Å². The predicted octanol–water partition coefficient (Wildman–Crippen LogP) is 1.04. The van der Waals surface area contributed by atoms with Crippen LogP contribution in [0.25, 0.3) is 0 Å². The molecular formula is C12H18N6O. The van der Waals surface area contributed by atoms with E-state index in [-0.39, 0.29) is 11.9 Å². The third kappa shape index (κ3) is 2.75. The molecule has 0 aliphatic rings. The van der Waals surface area contributed by atoms with E-state index >= 15 is 0 Å². The number of nitrogens with two attached hydrogens (primary N) is 1. The Bertz CT molecular complexity index is 557. The van der Waals surface area contributed by atoms with Crippen LogP contribution in [0.3, 0.4) is 0 Å². The monoisotopic (exact) mass is 262 g/mol. The number of carbonyl (C=O) groups is 1. The van der Waals surface area contributed by atoms with Crippen LogP contribution in [-0.4, -0.2) is 37.6 Å². The van der Waals surface area contributed by atoms with Crippen LogP contribution in [0.5, 0.6) is 0 Å². The van der Waals surface area contributed by atoms with Gasteiger partial charge in [0, 0.05) is 19.3 Å². The van der Waals surface area contributed by atoms with Crippen LogP contribution in [0, 0.1) is 0 Å². The number of H-pyrrole nitrogens is 1. The molecule has 2 aromatic heterocycles. The SMILES string of the molecule is CC(C)n1cc(N)cc1C(=O)N(C)Cc1ncn[nH]1. The van der Waals surface area contributed by atoms with E-state index in [1.807, 2.05) is 18.4 Å². The molecular weight excluding hydrogens is 244 g/mol. The van der Waals surface area contributed by atoms with E-state index in [0.29, 0.717) is 23.8 Å². The number of hydrogen-bond donors (Lipinski definition) is 2. The number of anilines is 1. The van der Waals surface area contributed by atoms with Crippen LogP contribution in [0.1, 0.15) is 36.2 Å². The molecule has 7 heteroatoms. The smallest absolute Gasteiger partial charge is 0.270 e. The minimum Gasteiger partial charge on any atom is -0.397 e. The van der Waals surface area contributed by atoms with Crippen LogP contribution in [0.4, 0.5) is 5.69 Å². The molecule has 1 amide bonds. The molecule has 0 aliphatic heterocycles. The van der Waals surface area contributed by atoms with Gasteiger partial charge >= 0.3 is 0 Å². The topological polar surface area (TPSA) is 92.8 Å². The summed E-state index contributed by atoms with van der Waals surface area (Å²) >= 11 is 0. The first-order valence-electron chi connectivity index (χ1n) is 6.06. The third-order valence-corrected chi connectivity index (χ3v) is 2.84. The van der Waals surface area contributed by atoms with E-state index in [0.717, 1.165) is 0 Å². The largest absolute Gasteiger partial charge is 0.397 e. The molecule has 7 nitrogen and oxygen atoms in total. The Kier molecular flexibility index (Phi) is 3.55. The average molecular weight is 262 g/mol. The Balaban J connectivity index is 2.19. The second-order valence-electron chi connectivity index (χ2n) is 4.75. The second kappa shape index (κ2) is 5.13. The Labute approximate surface area is 111 Å². The highest BCUT2D eigenvalue weighted by Crippen LogP contribution is 2.18. The molecule has 19 heavy (non-hydrogen) atoms. The van der Waals surface area contributed by atoms with Gasteiger partial charge in [-0.1, -0.05) is 0 Å². The van der Waals surface area contributed by atoms with Gasteiger partial charge in [-0.25, -0.2) is 4.98 Å². The van der Waals surface area contributed by atoms with Crippen LogP contribution < -0.4 is 5.73 Å². The molecule has 0 atom stereocenters. The van der Waals surface area contributed by atoms with Crippen LogP contribution in [0.15, 0.2) is 18.6 Å². The van der Waals surface area contributed by atoms with Crippen LogP contribution in [0.2, 0.25) is 0 Å². The number of aromatic nitrogens is 4. The van der Waals surface area contributed by atoms with E-state index in [1.54, 1.807) is 24.2 Å². The average Bonchev–Trinajstić information content (AvgIpc) is 2.97. The third-order valence-electron chi connectivity index (χ3n) is 2.84. The van der Waals surface area contributed by atoms with E-state index in [4.69, 9.17) is 5.73 Å². The first-order valence-corrected chi connectivity index (χ1v) is 6.06. The molecule has 2 aromatic rings. The molecule has 0 saturated carbocycles. The van der Waals surface area contributed by atoms with Crippen molar-refractivity contribution < 1.29 is 4.79 Å². The molecule has 0 saturated heterocycles. The quantitative estimate of drug-likeness (QED) is 0.861. The van der Waals surface area contributed by atoms with Gasteiger partial charge in [-0.3, -0.25) is 9.89 Å². The minimum absolute atomic E-state index is 0.0956. The number of aromatic amines is 1. The molecule has 2 rings (SSSR count). The summed E-state index contributed by atoms with van der Waals surface area (Å²) in [7, 11) is 1.72. The summed E-state index contributed by atoms with van der Waals surface area (Å²) in [6, 6.07) is 1.87. The lowest BCUT2D eigenvalue weighted by molar-refractivity contribution is 0.0769. The summed E-state index contributed by atoms with van der Waals surface area (Å²) in [6.45, 7) is 4.39. The van der Waals surface area contributed by atoms with E-state index in [9.17, 15) is 4.79 Å². The van der Waals surface area contributed by atoms with Gasteiger partial charge in [0.15, 0.2) is 0 Å². The molecule has 0 radical (unpaired) electrons. The van der Waals surface area contributed by atoms with Gasteiger partial charge in [0.1, 0.15) is 17.8 Å². The van der Waals surface area contributed by atoms with Gasteiger partial charge in [-0.05, 0) is 19.9 Å². The van der Waals surface area contributed by atoms with Gasteiger partial charge in [0.25, 0.3) is 5.91 Å². The highest BCUT2D eigenvalue weighted by molar-refractivity contribution is 5.93. The fourth-order valence-electron chi connectivity index (χ4n) is 1.90. The Hall–Kier alpha value is -2.31. The van der Waals surface area contributed by atoms with Crippen LogP contribution >= 0.6 is 0 Å². The summed E-state index contributed by atoms with van der Waals surface area (Å²) in [6.07, 6.45) is 3.20. The van der Waals surface area contributed by atoms with Gasteiger partial charge in [-0.15, -0.1) is 0 Å². The van der Waals surface area contributed by atoms with Crippen molar-refractivity contribution in [2.24, 2.45) is 0 Å². The molecule has 2 heterocycles. The number of hydrogen-bond acceptors (Lipinski definition) is 4. The Morgan fingerprint density at radius 3 is 2.89 bits per heavy atom. The van der Waals surface area contributed by atoms with Crippen molar-refractivity contribution in [3.63, 3.8) is 0 Å². The molecule has 3 N–H and O–H groups in total. The summed E-state index contributed by atoms with van der Waals surface area (Å²) < 4.78 is 1.87. The number of carbonyl (C=O) groups excluding carboxylic acids is 1. The highest BCUT2D eigenvalue weighted by Gasteiger charge is 2.19. The number of nitrogens with one attached hydrogen (secondary N) is 1.